The Kier molecular flexibility index (Phi) is 6.39. The maximum Gasteiger partial charge on any atom is 0.251 e. The third kappa shape index (κ3) is 5.14. The predicted octanol–water partition coefficient (Wildman–Crippen LogP) is 4.94. The summed E-state index contributed by atoms with van der Waals surface area (Å²) in [6, 6.07) is 24.9. The molecule has 0 saturated heterocycles. The number of methoxy groups -OCH3 is 1. The number of hydrogen-bond acceptors (Lipinski definition) is 5. The SMILES string of the molecule is COc1ccc(COc2cccc(-n3cnc4cc(C(=O)NCc5cccnc5)ccc43)c2)cc1. The van der Waals surface area contributed by atoms with E-state index < -0.39 is 0 Å². The Hall–Kier alpha value is -4.65. The number of nitrogens with zero attached hydrogens (tertiary/aromatic N) is 3. The molecule has 0 radical (unpaired) electrons. The van der Waals surface area contributed by atoms with Gasteiger partial charge in [0.15, 0.2) is 0 Å². The lowest BCUT2D eigenvalue weighted by Gasteiger charge is -2.10. The molecule has 0 spiro atoms. The number of imidazole rings is 1. The first-order chi connectivity index (χ1) is 17.2. The van der Waals surface area contributed by atoms with Crippen LogP contribution in [0, 0.1) is 0 Å². The van der Waals surface area contributed by atoms with E-state index in [-0.39, 0.29) is 5.91 Å². The van der Waals surface area contributed by atoms with Crippen molar-refractivity contribution in [2.45, 2.75) is 13.2 Å². The highest BCUT2D eigenvalue weighted by Crippen LogP contribution is 2.23. The van der Waals surface area contributed by atoms with Gasteiger partial charge in [-0.15, -0.1) is 0 Å². The minimum Gasteiger partial charge on any atom is -0.497 e. The molecule has 0 saturated carbocycles. The van der Waals surface area contributed by atoms with Gasteiger partial charge in [0.2, 0.25) is 0 Å². The Labute approximate surface area is 203 Å². The first kappa shape index (κ1) is 22.2. The van der Waals surface area contributed by atoms with Crippen LogP contribution in [0.5, 0.6) is 11.5 Å². The van der Waals surface area contributed by atoms with E-state index in [0.717, 1.165) is 39.3 Å². The summed E-state index contributed by atoms with van der Waals surface area (Å²) in [5.41, 5.74) is 5.13. The quantitative estimate of drug-likeness (QED) is 0.352. The van der Waals surface area contributed by atoms with Gasteiger partial charge in [0.1, 0.15) is 24.4 Å². The molecule has 0 fully saturated rings. The second-order valence-electron chi connectivity index (χ2n) is 8.00. The summed E-state index contributed by atoms with van der Waals surface area (Å²) in [4.78, 5) is 21.2. The fourth-order valence-electron chi connectivity index (χ4n) is 3.76. The van der Waals surface area contributed by atoms with Crippen LogP contribution in [0.25, 0.3) is 16.7 Å². The van der Waals surface area contributed by atoms with Crippen molar-refractivity contribution in [3.63, 3.8) is 0 Å². The molecular weight excluding hydrogens is 440 g/mol. The van der Waals surface area contributed by atoms with Gasteiger partial charge in [0.05, 0.1) is 23.8 Å². The Morgan fingerprint density at radius 2 is 1.83 bits per heavy atom. The molecule has 3 aromatic carbocycles. The summed E-state index contributed by atoms with van der Waals surface area (Å²) in [6.07, 6.45) is 5.20. The molecule has 5 rings (SSSR count). The molecule has 7 heteroatoms. The second kappa shape index (κ2) is 10.1. The van der Waals surface area contributed by atoms with Gasteiger partial charge in [0, 0.05) is 30.6 Å². The number of rotatable bonds is 8. The lowest BCUT2D eigenvalue weighted by atomic mass is 10.1. The summed E-state index contributed by atoms with van der Waals surface area (Å²) in [7, 11) is 1.65. The number of aromatic nitrogens is 3. The molecule has 0 aliphatic carbocycles. The summed E-state index contributed by atoms with van der Waals surface area (Å²) in [5.74, 6) is 1.42. The highest BCUT2D eigenvalue weighted by molar-refractivity contribution is 5.97. The van der Waals surface area contributed by atoms with Crippen LogP contribution in [0.2, 0.25) is 0 Å². The van der Waals surface area contributed by atoms with Crippen molar-refractivity contribution in [1.29, 1.82) is 0 Å². The fraction of sp³-hybridized carbons (Fsp3) is 0.107. The largest absolute Gasteiger partial charge is 0.497 e. The minimum absolute atomic E-state index is 0.153. The number of pyridine rings is 1. The number of amides is 1. The highest BCUT2D eigenvalue weighted by Gasteiger charge is 2.11. The van der Waals surface area contributed by atoms with Crippen LogP contribution in [-0.2, 0) is 13.2 Å². The molecular formula is C28H24N4O3. The van der Waals surface area contributed by atoms with Gasteiger partial charge >= 0.3 is 0 Å². The minimum atomic E-state index is -0.153. The van der Waals surface area contributed by atoms with Crippen LogP contribution in [0.3, 0.4) is 0 Å². The van der Waals surface area contributed by atoms with Gasteiger partial charge in [-0.1, -0.05) is 24.3 Å². The molecule has 35 heavy (non-hydrogen) atoms. The van der Waals surface area contributed by atoms with Crippen molar-refractivity contribution < 1.29 is 14.3 Å². The molecule has 174 valence electrons. The molecule has 0 atom stereocenters. The first-order valence-corrected chi connectivity index (χ1v) is 11.2. The summed E-state index contributed by atoms with van der Waals surface area (Å²) >= 11 is 0. The Bertz CT molecular complexity index is 1450. The molecule has 1 amide bonds. The van der Waals surface area contributed by atoms with Gasteiger partial charge < -0.3 is 14.8 Å². The van der Waals surface area contributed by atoms with Crippen molar-refractivity contribution in [2.24, 2.45) is 0 Å². The first-order valence-electron chi connectivity index (χ1n) is 11.2. The third-order valence-corrected chi connectivity index (χ3v) is 5.65. The molecule has 0 aliphatic heterocycles. The number of hydrogen-bond donors (Lipinski definition) is 1. The predicted molar refractivity (Wildman–Crippen MR) is 134 cm³/mol. The van der Waals surface area contributed by atoms with E-state index in [4.69, 9.17) is 9.47 Å². The van der Waals surface area contributed by atoms with Crippen LogP contribution in [0.4, 0.5) is 0 Å². The lowest BCUT2D eigenvalue weighted by molar-refractivity contribution is 0.0951. The summed E-state index contributed by atoms with van der Waals surface area (Å²) in [5, 5.41) is 2.92. The maximum atomic E-state index is 12.6. The smallest absolute Gasteiger partial charge is 0.251 e. The molecule has 5 aromatic rings. The second-order valence-corrected chi connectivity index (χ2v) is 8.00. The molecule has 2 heterocycles. The zero-order valence-corrected chi connectivity index (χ0v) is 19.2. The van der Waals surface area contributed by atoms with Crippen molar-refractivity contribution in [2.75, 3.05) is 7.11 Å². The number of ether oxygens (including phenoxy) is 2. The van der Waals surface area contributed by atoms with E-state index >= 15 is 0 Å². The van der Waals surface area contributed by atoms with Gasteiger partial charge in [0.25, 0.3) is 5.91 Å². The van der Waals surface area contributed by atoms with Crippen LogP contribution < -0.4 is 14.8 Å². The topological polar surface area (TPSA) is 78.3 Å². The van der Waals surface area contributed by atoms with Gasteiger partial charge in [-0.3, -0.25) is 14.3 Å². The number of benzene rings is 3. The average Bonchev–Trinajstić information content (AvgIpc) is 3.35. The van der Waals surface area contributed by atoms with Crippen LogP contribution in [0.15, 0.2) is 97.6 Å². The molecule has 7 nitrogen and oxygen atoms in total. The molecule has 0 bridgehead atoms. The molecule has 2 aromatic heterocycles. The van der Waals surface area contributed by atoms with Crippen LogP contribution >= 0.6 is 0 Å². The average molecular weight is 465 g/mol. The van der Waals surface area contributed by atoms with E-state index in [9.17, 15) is 4.79 Å². The summed E-state index contributed by atoms with van der Waals surface area (Å²) < 4.78 is 13.2. The van der Waals surface area contributed by atoms with Gasteiger partial charge in [-0.25, -0.2) is 4.98 Å². The van der Waals surface area contributed by atoms with Crippen LogP contribution in [-0.4, -0.2) is 27.6 Å². The lowest BCUT2D eigenvalue weighted by Crippen LogP contribution is -2.22. The zero-order valence-electron chi connectivity index (χ0n) is 19.2. The Balaban J connectivity index is 1.29. The van der Waals surface area contributed by atoms with E-state index in [1.165, 1.54) is 0 Å². The maximum absolute atomic E-state index is 12.6. The number of nitrogens with one attached hydrogen (secondary N) is 1. The van der Waals surface area contributed by atoms with Crippen molar-refractivity contribution in [3.05, 3.63) is 114 Å². The molecule has 0 unspecified atom stereocenters. The fourth-order valence-corrected chi connectivity index (χ4v) is 3.76. The van der Waals surface area contributed by atoms with E-state index in [2.05, 4.69) is 15.3 Å². The van der Waals surface area contributed by atoms with E-state index in [0.29, 0.717) is 18.7 Å². The van der Waals surface area contributed by atoms with E-state index in [1.54, 1.807) is 31.9 Å². The molecule has 0 aliphatic rings. The zero-order chi connectivity index (χ0) is 24.0. The summed E-state index contributed by atoms with van der Waals surface area (Å²) in [6.45, 7) is 0.873. The number of carbonyl (C=O) groups excluding carboxylic acids is 1. The monoisotopic (exact) mass is 464 g/mol. The van der Waals surface area contributed by atoms with Crippen molar-refractivity contribution >= 4 is 16.9 Å². The number of carbonyl (C=O) groups is 1. The highest BCUT2D eigenvalue weighted by atomic mass is 16.5. The van der Waals surface area contributed by atoms with Crippen molar-refractivity contribution in [3.8, 4) is 17.2 Å². The number of fused-ring (bicyclic) bond motifs is 1. The Morgan fingerprint density at radius 3 is 2.63 bits per heavy atom. The van der Waals surface area contributed by atoms with Crippen molar-refractivity contribution in [1.82, 2.24) is 19.9 Å². The van der Waals surface area contributed by atoms with E-state index in [1.807, 2.05) is 77.4 Å². The standard InChI is InChI=1S/C28H24N4O3/c1-34-24-10-7-20(8-11-24)18-35-25-6-2-5-23(15-25)32-19-31-26-14-22(9-12-27(26)32)28(33)30-17-21-4-3-13-29-16-21/h2-16,19H,17-18H2,1H3,(H,30,33). The van der Waals surface area contributed by atoms with Gasteiger partial charge in [-0.2, -0.15) is 0 Å². The Morgan fingerprint density at radius 1 is 0.943 bits per heavy atom. The molecule has 1 N–H and O–H groups in total. The third-order valence-electron chi connectivity index (χ3n) is 5.65. The van der Waals surface area contributed by atoms with Crippen LogP contribution in [0.1, 0.15) is 21.5 Å². The normalized spacial score (nSPS) is 10.8. The van der Waals surface area contributed by atoms with Gasteiger partial charge in [-0.05, 0) is 59.7 Å².